The minimum Gasteiger partial charge on any atom is -0.455 e. The van der Waals surface area contributed by atoms with Crippen molar-refractivity contribution in [2.45, 2.75) is 19.3 Å². The van der Waals surface area contributed by atoms with Crippen LogP contribution in [0.3, 0.4) is 0 Å². The van der Waals surface area contributed by atoms with Gasteiger partial charge in [-0.05, 0) is 30.2 Å². The number of pyridine rings is 1. The van der Waals surface area contributed by atoms with Crippen LogP contribution in [-0.4, -0.2) is 35.9 Å². The molecule has 4 rings (SSSR count). The van der Waals surface area contributed by atoms with E-state index in [0.717, 1.165) is 22.9 Å². The van der Waals surface area contributed by atoms with Crippen molar-refractivity contribution in [3.63, 3.8) is 0 Å². The van der Waals surface area contributed by atoms with Gasteiger partial charge in [-0.25, -0.2) is 0 Å². The van der Waals surface area contributed by atoms with Crippen LogP contribution in [0.25, 0.3) is 10.9 Å². The number of benzene rings is 2. The molecule has 7 nitrogen and oxygen atoms in total. The van der Waals surface area contributed by atoms with Crippen molar-refractivity contribution in [2.24, 2.45) is 0 Å². The van der Waals surface area contributed by atoms with E-state index in [0.29, 0.717) is 24.3 Å². The van der Waals surface area contributed by atoms with E-state index < -0.39 is 18.5 Å². The van der Waals surface area contributed by atoms with Gasteiger partial charge in [0.05, 0.1) is 23.3 Å². The zero-order valence-electron chi connectivity index (χ0n) is 16.3. The number of amides is 2. The lowest BCUT2D eigenvalue weighted by atomic mass is 10.1. The number of fused-ring (bicyclic) bond motifs is 1. The van der Waals surface area contributed by atoms with Crippen LogP contribution < -0.4 is 10.2 Å². The third-order valence-electron chi connectivity index (χ3n) is 4.96. The van der Waals surface area contributed by atoms with Crippen LogP contribution in [-0.2, 0) is 25.5 Å². The molecule has 2 heterocycles. The molecule has 0 radical (unpaired) electrons. The highest BCUT2D eigenvalue weighted by Crippen LogP contribution is 2.29. The summed E-state index contributed by atoms with van der Waals surface area (Å²) in [6.07, 6.45) is 3.00. The summed E-state index contributed by atoms with van der Waals surface area (Å²) in [4.78, 5) is 42.6. The molecular formula is C23H21N3O4. The summed E-state index contributed by atoms with van der Waals surface area (Å²) in [6, 6.07) is 16.5. The Bertz CT molecular complexity index is 1110. The number of rotatable bonds is 6. The van der Waals surface area contributed by atoms with E-state index in [1.807, 2.05) is 36.4 Å². The quantitative estimate of drug-likeness (QED) is 0.639. The Hall–Kier alpha value is -3.74. The number of esters is 1. The Morgan fingerprint density at radius 1 is 1.07 bits per heavy atom. The minimum atomic E-state index is -0.508. The fourth-order valence-electron chi connectivity index (χ4n) is 3.57. The van der Waals surface area contributed by atoms with Gasteiger partial charge >= 0.3 is 5.97 Å². The highest BCUT2D eigenvalue weighted by molar-refractivity contribution is 6.02. The van der Waals surface area contributed by atoms with Gasteiger partial charge in [-0.15, -0.1) is 0 Å². The Balaban J connectivity index is 1.36. The smallest absolute Gasteiger partial charge is 0.310 e. The number of anilines is 2. The maximum absolute atomic E-state index is 12.3. The number of para-hydroxylation sites is 3. The monoisotopic (exact) mass is 403 g/mol. The lowest BCUT2D eigenvalue weighted by Crippen LogP contribution is -2.27. The molecule has 1 aromatic heterocycles. The molecule has 0 spiro atoms. The van der Waals surface area contributed by atoms with Crippen molar-refractivity contribution >= 4 is 40.1 Å². The molecule has 2 aromatic carbocycles. The van der Waals surface area contributed by atoms with Crippen LogP contribution in [0.4, 0.5) is 11.4 Å². The van der Waals surface area contributed by atoms with E-state index in [4.69, 9.17) is 4.74 Å². The number of nitrogens with zero attached hydrogens (tertiary/aromatic N) is 2. The summed E-state index contributed by atoms with van der Waals surface area (Å²) in [7, 11) is 0. The predicted molar refractivity (Wildman–Crippen MR) is 113 cm³/mol. The van der Waals surface area contributed by atoms with E-state index >= 15 is 0 Å². The molecule has 0 unspecified atom stereocenters. The van der Waals surface area contributed by atoms with Crippen LogP contribution >= 0.6 is 0 Å². The van der Waals surface area contributed by atoms with Crippen LogP contribution in [0, 0.1) is 0 Å². The lowest BCUT2D eigenvalue weighted by molar-refractivity contribution is -0.146. The van der Waals surface area contributed by atoms with Gasteiger partial charge in [-0.1, -0.05) is 36.4 Å². The topological polar surface area (TPSA) is 88.6 Å². The summed E-state index contributed by atoms with van der Waals surface area (Å²) in [5.74, 6) is -0.934. The molecule has 1 aliphatic heterocycles. The number of aromatic nitrogens is 1. The van der Waals surface area contributed by atoms with Gasteiger partial charge in [0.15, 0.2) is 6.61 Å². The normalized spacial score (nSPS) is 13.5. The molecular weight excluding hydrogens is 382 g/mol. The number of nitrogens with one attached hydrogen (secondary N) is 1. The first-order valence-electron chi connectivity index (χ1n) is 9.79. The average molecular weight is 403 g/mol. The molecule has 0 atom stereocenters. The Morgan fingerprint density at radius 3 is 2.73 bits per heavy atom. The van der Waals surface area contributed by atoms with Gasteiger partial charge in [0, 0.05) is 24.5 Å². The molecule has 1 fully saturated rings. The highest BCUT2D eigenvalue weighted by Gasteiger charge is 2.24. The number of hydrogen-bond donors (Lipinski definition) is 1. The second-order valence-electron chi connectivity index (χ2n) is 7.04. The maximum Gasteiger partial charge on any atom is 0.310 e. The fourth-order valence-corrected chi connectivity index (χ4v) is 3.57. The number of carbonyl (C=O) groups is 3. The molecule has 30 heavy (non-hydrogen) atoms. The van der Waals surface area contributed by atoms with E-state index in [1.54, 1.807) is 29.3 Å². The first-order valence-corrected chi connectivity index (χ1v) is 9.79. The summed E-state index contributed by atoms with van der Waals surface area (Å²) in [5.41, 5.74) is 2.66. The molecule has 3 aromatic rings. The van der Waals surface area contributed by atoms with Crippen molar-refractivity contribution in [1.29, 1.82) is 0 Å². The number of hydrogen-bond acceptors (Lipinski definition) is 5. The van der Waals surface area contributed by atoms with Crippen LogP contribution in [0.1, 0.15) is 18.4 Å². The largest absolute Gasteiger partial charge is 0.455 e. The van der Waals surface area contributed by atoms with Gasteiger partial charge in [-0.3, -0.25) is 19.4 Å². The van der Waals surface area contributed by atoms with E-state index in [2.05, 4.69) is 10.3 Å². The van der Waals surface area contributed by atoms with Crippen molar-refractivity contribution < 1.29 is 19.1 Å². The van der Waals surface area contributed by atoms with Gasteiger partial charge in [0.25, 0.3) is 5.91 Å². The third-order valence-corrected chi connectivity index (χ3v) is 4.96. The number of ether oxygens (including phenoxy) is 1. The minimum absolute atomic E-state index is 0.0283. The molecule has 1 saturated heterocycles. The zero-order chi connectivity index (χ0) is 20.9. The zero-order valence-corrected chi connectivity index (χ0v) is 16.3. The Morgan fingerprint density at radius 2 is 1.90 bits per heavy atom. The lowest BCUT2D eigenvalue weighted by Gasteiger charge is -2.19. The van der Waals surface area contributed by atoms with Gasteiger partial charge in [0.2, 0.25) is 5.91 Å². The van der Waals surface area contributed by atoms with Crippen LogP contribution in [0.2, 0.25) is 0 Å². The first-order chi connectivity index (χ1) is 14.6. The summed E-state index contributed by atoms with van der Waals surface area (Å²) < 4.78 is 5.16. The molecule has 1 aliphatic rings. The van der Waals surface area contributed by atoms with E-state index in [9.17, 15) is 14.4 Å². The summed E-state index contributed by atoms with van der Waals surface area (Å²) in [5, 5.41) is 3.67. The van der Waals surface area contributed by atoms with Crippen molar-refractivity contribution in [1.82, 2.24) is 4.98 Å². The van der Waals surface area contributed by atoms with Crippen LogP contribution in [0.15, 0.2) is 60.8 Å². The van der Waals surface area contributed by atoms with Gasteiger partial charge in [-0.2, -0.15) is 0 Å². The average Bonchev–Trinajstić information content (AvgIpc) is 3.19. The molecule has 7 heteroatoms. The van der Waals surface area contributed by atoms with Crippen LogP contribution in [0.5, 0.6) is 0 Å². The molecule has 0 saturated carbocycles. The third kappa shape index (κ3) is 4.30. The second-order valence-corrected chi connectivity index (χ2v) is 7.04. The molecule has 1 N–H and O–H groups in total. The van der Waals surface area contributed by atoms with Gasteiger partial charge < -0.3 is 15.0 Å². The van der Waals surface area contributed by atoms with Crippen molar-refractivity contribution in [3.05, 3.63) is 66.4 Å². The fraction of sp³-hybridized carbons (Fsp3) is 0.217. The molecule has 2 amide bonds. The summed E-state index contributed by atoms with van der Waals surface area (Å²) in [6.45, 7) is 0.221. The van der Waals surface area contributed by atoms with E-state index in [1.165, 1.54) is 0 Å². The Labute approximate surface area is 173 Å². The van der Waals surface area contributed by atoms with Crippen molar-refractivity contribution in [2.75, 3.05) is 23.4 Å². The maximum atomic E-state index is 12.3. The van der Waals surface area contributed by atoms with E-state index in [-0.39, 0.29) is 12.3 Å². The molecule has 0 bridgehead atoms. The highest BCUT2D eigenvalue weighted by atomic mass is 16.5. The first kappa shape index (κ1) is 19.6. The SMILES string of the molecule is O=C(COC(=O)Cc1cccc2cccnc12)Nc1ccccc1N1CCCC1=O. The standard InChI is InChI=1S/C23H21N3O4/c27-20(25-18-9-1-2-10-19(18)26-13-5-11-21(26)28)15-30-22(29)14-17-7-3-6-16-8-4-12-24-23(16)17/h1-4,6-10,12H,5,11,13-15H2,(H,25,27). The molecule has 0 aliphatic carbocycles. The number of carbonyl (C=O) groups excluding carboxylic acids is 3. The summed E-state index contributed by atoms with van der Waals surface area (Å²) >= 11 is 0. The second kappa shape index (κ2) is 8.73. The molecule has 152 valence electrons. The predicted octanol–water partition coefficient (Wildman–Crippen LogP) is 3.09. The van der Waals surface area contributed by atoms with Gasteiger partial charge in [0.1, 0.15) is 0 Å². The van der Waals surface area contributed by atoms with Crippen molar-refractivity contribution in [3.8, 4) is 0 Å². The Kier molecular flexibility index (Phi) is 5.70.